The van der Waals surface area contributed by atoms with Crippen molar-refractivity contribution in [3.63, 3.8) is 0 Å². The Hall–Kier alpha value is -2.35. The summed E-state index contributed by atoms with van der Waals surface area (Å²) in [7, 11) is 0. The van der Waals surface area contributed by atoms with Crippen molar-refractivity contribution in [2.45, 2.75) is 0 Å². The average molecular weight is 221 g/mol. The molecule has 0 saturated carbocycles. The fourth-order valence-electron chi connectivity index (χ4n) is 1.88. The summed E-state index contributed by atoms with van der Waals surface area (Å²) < 4.78 is 5.59. The molecule has 2 nitrogen and oxygen atoms in total. The van der Waals surface area contributed by atoms with Crippen molar-refractivity contribution in [1.82, 2.24) is 4.98 Å². The second kappa shape index (κ2) is 3.91. The van der Waals surface area contributed by atoms with Gasteiger partial charge in [0.15, 0.2) is 0 Å². The zero-order valence-electron chi connectivity index (χ0n) is 9.26. The first-order valence-electron chi connectivity index (χ1n) is 5.43. The molecule has 0 bridgehead atoms. The standard InChI is InChI=1S/C15H11NO/c1-11(14-8-4-5-9-16-14)15-13-7-3-2-6-12(13)10-17-15/h2-10H,1H2. The third kappa shape index (κ3) is 1.64. The molecule has 0 spiro atoms. The molecule has 82 valence electrons. The SMILES string of the molecule is C=C(c1ccccn1)c1occ2ccccc12. The van der Waals surface area contributed by atoms with Gasteiger partial charge in [0.25, 0.3) is 0 Å². The zero-order chi connectivity index (χ0) is 11.7. The Balaban J connectivity index is 2.14. The smallest absolute Gasteiger partial charge is 0.143 e. The fraction of sp³-hybridized carbons (Fsp3) is 0. The van der Waals surface area contributed by atoms with Crippen molar-refractivity contribution in [1.29, 1.82) is 0 Å². The van der Waals surface area contributed by atoms with Crippen LogP contribution in [0.15, 0.2) is 65.9 Å². The number of pyridine rings is 1. The maximum absolute atomic E-state index is 5.59. The van der Waals surface area contributed by atoms with Crippen LogP contribution >= 0.6 is 0 Å². The Morgan fingerprint density at radius 3 is 2.71 bits per heavy atom. The van der Waals surface area contributed by atoms with E-state index in [1.165, 1.54) is 0 Å². The lowest BCUT2D eigenvalue weighted by atomic mass is 10.1. The highest BCUT2D eigenvalue weighted by Crippen LogP contribution is 2.29. The second-order valence-corrected chi connectivity index (χ2v) is 3.85. The number of aromatic nitrogens is 1. The van der Waals surface area contributed by atoms with Gasteiger partial charge in [-0.05, 0) is 12.1 Å². The summed E-state index contributed by atoms with van der Waals surface area (Å²) in [4.78, 5) is 4.28. The van der Waals surface area contributed by atoms with Gasteiger partial charge >= 0.3 is 0 Å². The summed E-state index contributed by atoms with van der Waals surface area (Å²) >= 11 is 0. The van der Waals surface area contributed by atoms with Crippen molar-refractivity contribution in [3.8, 4) is 0 Å². The van der Waals surface area contributed by atoms with E-state index in [1.54, 1.807) is 12.5 Å². The molecule has 0 amide bonds. The lowest BCUT2D eigenvalue weighted by molar-refractivity contribution is 0.559. The minimum atomic E-state index is 0.791. The molecule has 0 N–H and O–H groups in total. The molecule has 0 unspecified atom stereocenters. The third-order valence-corrected chi connectivity index (χ3v) is 2.76. The van der Waals surface area contributed by atoms with Gasteiger partial charge < -0.3 is 4.42 Å². The largest absolute Gasteiger partial charge is 0.463 e. The Kier molecular flexibility index (Phi) is 2.26. The van der Waals surface area contributed by atoms with E-state index in [0.29, 0.717) is 0 Å². The van der Waals surface area contributed by atoms with Crippen molar-refractivity contribution in [2.24, 2.45) is 0 Å². The van der Waals surface area contributed by atoms with Crippen LogP contribution in [-0.4, -0.2) is 4.98 Å². The van der Waals surface area contributed by atoms with Crippen LogP contribution in [-0.2, 0) is 0 Å². The molecule has 0 atom stereocenters. The number of benzene rings is 1. The summed E-state index contributed by atoms with van der Waals surface area (Å²) in [5.41, 5.74) is 1.65. The molecule has 2 heteroatoms. The van der Waals surface area contributed by atoms with E-state index in [0.717, 1.165) is 27.8 Å². The number of rotatable bonds is 2. The van der Waals surface area contributed by atoms with Crippen LogP contribution in [0.4, 0.5) is 0 Å². The minimum absolute atomic E-state index is 0.791. The first kappa shape index (κ1) is 9.85. The molecule has 3 aromatic rings. The third-order valence-electron chi connectivity index (χ3n) is 2.76. The molecule has 0 radical (unpaired) electrons. The van der Waals surface area contributed by atoms with E-state index in [4.69, 9.17) is 4.42 Å². The van der Waals surface area contributed by atoms with Gasteiger partial charge in [-0.25, -0.2) is 0 Å². The number of hydrogen-bond acceptors (Lipinski definition) is 2. The molecule has 3 rings (SSSR count). The van der Waals surface area contributed by atoms with Crippen LogP contribution in [0.5, 0.6) is 0 Å². The summed E-state index contributed by atoms with van der Waals surface area (Å²) in [6.45, 7) is 4.06. The molecular weight excluding hydrogens is 210 g/mol. The normalized spacial score (nSPS) is 10.6. The molecule has 1 aromatic carbocycles. The Morgan fingerprint density at radius 2 is 1.88 bits per heavy atom. The van der Waals surface area contributed by atoms with Gasteiger partial charge in [-0.1, -0.05) is 36.9 Å². The number of fused-ring (bicyclic) bond motifs is 1. The minimum Gasteiger partial charge on any atom is -0.463 e. The molecule has 0 fully saturated rings. The second-order valence-electron chi connectivity index (χ2n) is 3.85. The zero-order valence-corrected chi connectivity index (χ0v) is 9.26. The van der Waals surface area contributed by atoms with Gasteiger partial charge in [-0.2, -0.15) is 0 Å². The maximum atomic E-state index is 5.59. The van der Waals surface area contributed by atoms with Gasteiger partial charge in [0.1, 0.15) is 5.76 Å². The average Bonchev–Trinajstić information content (AvgIpc) is 2.83. The molecule has 17 heavy (non-hydrogen) atoms. The molecule has 2 aromatic heterocycles. The van der Waals surface area contributed by atoms with Crippen molar-refractivity contribution in [3.05, 3.63) is 73.0 Å². The van der Waals surface area contributed by atoms with Crippen molar-refractivity contribution in [2.75, 3.05) is 0 Å². The van der Waals surface area contributed by atoms with Crippen molar-refractivity contribution < 1.29 is 4.42 Å². The van der Waals surface area contributed by atoms with Gasteiger partial charge in [-0.3, -0.25) is 4.98 Å². The quantitative estimate of drug-likeness (QED) is 0.656. The van der Waals surface area contributed by atoms with E-state index >= 15 is 0 Å². The van der Waals surface area contributed by atoms with Crippen LogP contribution in [0, 0.1) is 0 Å². The lowest BCUT2D eigenvalue weighted by Crippen LogP contribution is -1.87. The topological polar surface area (TPSA) is 26.0 Å². The van der Waals surface area contributed by atoms with E-state index < -0.39 is 0 Å². The summed E-state index contributed by atoms with van der Waals surface area (Å²) in [6.07, 6.45) is 3.50. The monoisotopic (exact) mass is 221 g/mol. The molecular formula is C15H11NO. The van der Waals surface area contributed by atoms with Gasteiger partial charge in [0.05, 0.1) is 12.0 Å². The first-order chi connectivity index (χ1) is 8.36. The van der Waals surface area contributed by atoms with E-state index in [-0.39, 0.29) is 0 Å². The highest BCUT2D eigenvalue weighted by Gasteiger charge is 2.11. The summed E-state index contributed by atoms with van der Waals surface area (Å²) in [6, 6.07) is 13.8. The van der Waals surface area contributed by atoms with Gasteiger partial charge in [-0.15, -0.1) is 0 Å². The predicted octanol–water partition coefficient (Wildman–Crippen LogP) is 3.89. The highest BCUT2D eigenvalue weighted by molar-refractivity contribution is 5.94. The van der Waals surface area contributed by atoms with Gasteiger partial charge in [0.2, 0.25) is 0 Å². The van der Waals surface area contributed by atoms with E-state index in [9.17, 15) is 0 Å². The van der Waals surface area contributed by atoms with Crippen LogP contribution in [0.1, 0.15) is 11.5 Å². The summed E-state index contributed by atoms with van der Waals surface area (Å²) in [5, 5.41) is 2.16. The molecule has 0 aliphatic heterocycles. The Morgan fingerprint density at radius 1 is 1.06 bits per heavy atom. The molecule has 0 aliphatic carbocycles. The predicted molar refractivity (Wildman–Crippen MR) is 68.6 cm³/mol. The Bertz CT molecular complexity index is 667. The van der Waals surface area contributed by atoms with E-state index in [2.05, 4.69) is 11.6 Å². The molecule has 0 saturated heterocycles. The number of furan rings is 1. The van der Waals surface area contributed by atoms with Crippen LogP contribution in [0.2, 0.25) is 0 Å². The number of hydrogen-bond donors (Lipinski definition) is 0. The van der Waals surface area contributed by atoms with Crippen molar-refractivity contribution >= 4 is 16.3 Å². The first-order valence-corrected chi connectivity index (χ1v) is 5.43. The fourth-order valence-corrected chi connectivity index (χ4v) is 1.88. The van der Waals surface area contributed by atoms with Gasteiger partial charge in [0, 0.05) is 22.5 Å². The Labute approximate surface area is 99.2 Å². The maximum Gasteiger partial charge on any atom is 0.143 e. The summed E-state index contributed by atoms with van der Waals surface area (Å²) in [5.74, 6) is 0.791. The van der Waals surface area contributed by atoms with Crippen LogP contribution in [0.3, 0.4) is 0 Å². The molecule has 2 heterocycles. The lowest BCUT2D eigenvalue weighted by Gasteiger charge is -2.01. The van der Waals surface area contributed by atoms with E-state index in [1.807, 2.05) is 42.5 Å². The van der Waals surface area contributed by atoms with Crippen LogP contribution < -0.4 is 0 Å². The number of nitrogens with zero attached hydrogens (tertiary/aromatic N) is 1. The van der Waals surface area contributed by atoms with Crippen LogP contribution in [0.25, 0.3) is 16.3 Å². The highest BCUT2D eigenvalue weighted by atomic mass is 16.3. The molecule has 0 aliphatic rings.